The molecule has 4 nitrogen and oxygen atoms in total. The number of nitrogens with zero attached hydrogens (tertiary/aromatic N) is 1. The third kappa shape index (κ3) is 7.90. The van der Waals surface area contributed by atoms with E-state index in [1.807, 2.05) is 20.8 Å². The average Bonchev–Trinajstić information content (AvgIpc) is 3.12. The number of carbonyl (C=O) groups is 1. The summed E-state index contributed by atoms with van der Waals surface area (Å²) in [5, 5.41) is 0. The van der Waals surface area contributed by atoms with Crippen molar-refractivity contribution >= 4 is 14.3 Å². The summed E-state index contributed by atoms with van der Waals surface area (Å²) in [5.74, 6) is -0.442. The van der Waals surface area contributed by atoms with E-state index in [2.05, 4.69) is 105 Å². The molecule has 0 amide bonds. The van der Waals surface area contributed by atoms with Crippen molar-refractivity contribution < 1.29 is 14.0 Å². The predicted molar refractivity (Wildman–Crippen MR) is 160 cm³/mol. The highest BCUT2D eigenvalue weighted by atomic mass is 28.4. The minimum atomic E-state index is -1.94. The second kappa shape index (κ2) is 13.7. The van der Waals surface area contributed by atoms with Crippen molar-refractivity contribution in [2.45, 2.75) is 110 Å². The lowest BCUT2D eigenvalue weighted by molar-refractivity contribution is -0.165. The summed E-state index contributed by atoms with van der Waals surface area (Å²) in [5.41, 5.74) is 1.93. The molecule has 0 saturated heterocycles. The van der Waals surface area contributed by atoms with Gasteiger partial charge >= 0.3 is 5.97 Å². The number of hydrogen-bond donors (Lipinski definition) is 0. The van der Waals surface area contributed by atoms with Crippen LogP contribution in [-0.2, 0) is 20.5 Å². The zero-order valence-corrected chi connectivity index (χ0v) is 25.7. The van der Waals surface area contributed by atoms with Crippen molar-refractivity contribution in [3.8, 4) is 0 Å². The van der Waals surface area contributed by atoms with Crippen LogP contribution in [0.1, 0.15) is 78.5 Å². The van der Waals surface area contributed by atoms with Gasteiger partial charge in [-0.2, -0.15) is 0 Å². The minimum absolute atomic E-state index is 0.0762. The van der Waals surface area contributed by atoms with Gasteiger partial charge in [-0.1, -0.05) is 93.6 Å². The Bertz CT molecular complexity index is 1010. The van der Waals surface area contributed by atoms with E-state index in [1.54, 1.807) is 0 Å². The summed E-state index contributed by atoms with van der Waals surface area (Å²) in [6, 6.07) is 24.5. The summed E-state index contributed by atoms with van der Waals surface area (Å²) in [4.78, 5) is 16.4. The Morgan fingerprint density at radius 1 is 0.921 bits per heavy atom. The smallest absolute Gasteiger partial charge is 0.311 e. The molecule has 5 heteroatoms. The molecule has 0 aromatic heterocycles. The van der Waals surface area contributed by atoms with Crippen LogP contribution in [0.25, 0.3) is 0 Å². The highest BCUT2D eigenvalue weighted by Gasteiger charge is 2.45. The van der Waals surface area contributed by atoms with Gasteiger partial charge in [0.1, 0.15) is 5.60 Å². The minimum Gasteiger partial charge on any atom is -0.460 e. The van der Waals surface area contributed by atoms with E-state index in [9.17, 15) is 4.79 Å². The van der Waals surface area contributed by atoms with E-state index in [-0.39, 0.29) is 30.1 Å². The van der Waals surface area contributed by atoms with Crippen molar-refractivity contribution in [2.24, 2.45) is 5.92 Å². The molecule has 0 saturated carbocycles. The van der Waals surface area contributed by atoms with Crippen molar-refractivity contribution in [1.82, 2.24) is 4.90 Å². The van der Waals surface area contributed by atoms with Crippen molar-refractivity contribution in [3.05, 3.63) is 83.9 Å². The van der Waals surface area contributed by atoms with Gasteiger partial charge in [-0.25, -0.2) is 0 Å². The topological polar surface area (TPSA) is 38.8 Å². The van der Waals surface area contributed by atoms with Gasteiger partial charge in [0.25, 0.3) is 0 Å². The fourth-order valence-corrected chi connectivity index (χ4v) is 8.60. The first-order chi connectivity index (χ1) is 18.1. The number of ether oxygens (including phenoxy) is 1. The van der Waals surface area contributed by atoms with E-state index in [0.717, 1.165) is 31.1 Å². The Kier molecular flexibility index (Phi) is 11.0. The summed E-state index contributed by atoms with van der Waals surface area (Å²) >= 11 is 0. The summed E-state index contributed by atoms with van der Waals surface area (Å²) in [7, 11) is -1.94. The van der Waals surface area contributed by atoms with Gasteiger partial charge in [0, 0.05) is 18.6 Å². The predicted octanol–water partition coefficient (Wildman–Crippen LogP) is 8.32. The van der Waals surface area contributed by atoms with E-state index in [0.29, 0.717) is 6.42 Å². The SMILES string of the molecule is CC[Si](CC)(CC)O[C@@H]1CC=CC[C@H](C(=O)OC(C)(C)C)[C@H]1N(Cc1ccccc1)[C@@H](C)c1ccccc1. The Balaban J connectivity index is 2.14. The molecule has 0 spiro atoms. The van der Waals surface area contributed by atoms with E-state index in [1.165, 1.54) is 11.1 Å². The molecule has 1 aliphatic rings. The highest BCUT2D eigenvalue weighted by molar-refractivity contribution is 6.73. The van der Waals surface area contributed by atoms with Crippen LogP contribution in [0.5, 0.6) is 0 Å². The number of benzene rings is 2. The molecule has 0 unspecified atom stereocenters. The van der Waals surface area contributed by atoms with Crippen LogP contribution in [0.3, 0.4) is 0 Å². The Morgan fingerprint density at radius 2 is 1.47 bits per heavy atom. The Morgan fingerprint density at radius 3 is 2.03 bits per heavy atom. The van der Waals surface area contributed by atoms with E-state index >= 15 is 0 Å². The molecule has 0 radical (unpaired) electrons. The lowest BCUT2D eigenvalue weighted by Gasteiger charge is -2.46. The van der Waals surface area contributed by atoms with Crippen LogP contribution in [0, 0.1) is 5.92 Å². The second-order valence-corrected chi connectivity index (χ2v) is 16.4. The molecule has 1 aliphatic carbocycles. The summed E-state index contributed by atoms with van der Waals surface area (Å²) in [6.07, 6.45) is 5.80. The first-order valence-corrected chi connectivity index (χ1v) is 17.1. The first kappa shape index (κ1) is 30.3. The maximum Gasteiger partial charge on any atom is 0.311 e. The molecule has 3 rings (SSSR count). The molecular formula is C33H49NO3Si. The number of hydrogen-bond acceptors (Lipinski definition) is 4. The van der Waals surface area contributed by atoms with Crippen molar-refractivity contribution in [1.29, 1.82) is 0 Å². The summed E-state index contributed by atoms with van der Waals surface area (Å²) < 4.78 is 13.3. The van der Waals surface area contributed by atoms with E-state index < -0.39 is 13.9 Å². The van der Waals surface area contributed by atoms with Gasteiger partial charge in [-0.3, -0.25) is 9.69 Å². The van der Waals surface area contributed by atoms with Crippen LogP contribution in [-0.4, -0.2) is 36.9 Å². The Labute approximate surface area is 232 Å². The standard InChI is InChI=1S/C33H49NO3Si/c1-8-38(9-2,10-3)37-30-24-18-17-23-29(32(35)36-33(5,6)7)31(30)34(25-27-19-13-11-14-20-27)26(4)28-21-15-12-16-22-28/h11-22,26,29-31H,8-10,23-25H2,1-7H3/t26-,29-,30+,31+/m0/s1. The number of esters is 1. The van der Waals surface area contributed by atoms with Gasteiger partial charge in [0.05, 0.1) is 12.0 Å². The van der Waals surface area contributed by atoms with Gasteiger partial charge in [0.2, 0.25) is 0 Å². The lowest BCUT2D eigenvalue weighted by atomic mass is 9.88. The van der Waals surface area contributed by atoms with Crippen LogP contribution < -0.4 is 0 Å². The number of rotatable bonds is 11. The maximum atomic E-state index is 13.9. The molecule has 0 N–H and O–H groups in total. The van der Waals surface area contributed by atoms with Crippen LogP contribution in [0.15, 0.2) is 72.8 Å². The maximum absolute atomic E-state index is 13.9. The number of carbonyl (C=O) groups excluding carboxylic acids is 1. The molecule has 208 valence electrons. The average molecular weight is 536 g/mol. The molecule has 4 atom stereocenters. The largest absolute Gasteiger partial charge is 0.460 e. The van der Waals surface area contributed by atoms with Crippen LogP contribution >= 0.6 is 0 Å². The number of allylic oxidation sites excluding steroid dienone is 1. The third-order valence-corrected chi connectivity index (χ3v) is 12.8. The van der Waals surface area contributed by atoms with Gasteiger partial charge < -0.3 is 9.16 Å². The zero-order valence-electron chi connectivity index (χ0n) is 24.7. The lowest BCUT2D eigenvalue weighted by Crippen LogP contribution is -2.55. The van der Waals surface area contributed by atoms with Gasteiger partial charge in [-0.05, 0) is 69.8 Å². The second-order valence-electron chi connectivity index (χ2n) is 11.7. The molecule has 0 heterocycles. The van der Waals surface area contributed by atoms with Crippen molar-refractivity contribution in [3.63, 3.8) is 0 Å². The van der Waals surface area contributed by atoms with Gasteiger partial charge in [0.15, 0.2) is 8.32 Å². The molecular weight excluding hydrogens is 486 g/mol. The van der Waals surface area contributed by atoms with E-state index in [4.69, 9.17) is 9.16 Å². The van der Waals surface area contributed by atoms with Crippen molar-refractivity contribution in [2.75, 3.05) is 0 Å². The molecule has 0 bridgehead atoms. The molecule has 0 aliphatic heterocycles. The van der Waals surface area contributed by atoms with Crippen LogP contribution in [0.4, 0.5) is 0 Å². The monoisotopic (exact) mass is 535 g/mol. The highest BCUT2D eigenvalue weighted by Crippen LogP contribution is 2.38. The molecule has 2 aromatic carbocycles. The molecule has 2 aromatic rings. The quantitative estimate of drug-likeness (QED) is 0.165. The first-order valence-electron chi connectivity index (χ1n) is 14.5. The molecule has 0 fully saturated rings. The molecule has 38 heavy (non-hydrogen) atoms. The summed E-state index contributed by atoms with van der Waals surface area (Å²) in [6.45, 7) is 15.7. The van der Waals surface area contributed by atoms with Crippen LogP contribution in [0.2, 0.25) is 18.1 Å². The fraction of sp³-hybridized carbons (Fsp3) is 0.545. The van der Waals surface area contributed by atoms with Gasteiger partial charge in [-0.15, -0.1) is 0 Å². The third-order valence-electron chi connectivity index (χ3n) is 8.13. The normalized spacial score (nSPS) is 21.2. The fourth-order valence-electron chi connectivity index (χ4n) is 5.73. The zero-order chi connectivity index (χ0) is 27.8. The Hall–Kier alpha value is -2.21.